The first-order chi connectivity index (χ1) is 9.20. The number of hydrogen-bond donors (Lipinski definition) is 1. The van der Waals surface area contributed by atoms with Gasteiger partial charge in [-0.1, -0.05) is 6.92 Å². The summed E-state index contributed by atoms with van der Waals surface area (Å²) in [7, 11) is 0. The number of anilines is 1. The van der Waals surface area contributed by atoms with Crippen LogP contribution in [0.1, 0.15) is 26.7 Å². The van der Waals surface area contributed by atoms with Crippen molar-refractivity contribution in [1.29, 1.82) is 0 Å². The smallest absolute Gasteiger partial charge is 0.0373 e. The van der Waals surface area contributed by atoms with Crippen molar-refractivity contribution in [3.8, 4) is 0 Å². The first-order valence-corrected chi connectivity index (χ1v) is 8.05. The Morgan fingerprint density at radius 1 is 1.37 bits per heavy atom. The summed E-state index contributed by atoms with van der Waals surface area (Å²) in [6.45, 7) is 7.99. The molecule has 19 heavy (non-hydrogen) atoms. The van der Waals surface area contributed by atoms with Crippen LogP contribution in [-0.4, -0.2) is 25.2 Å². The second-order valence-electron chi connectivity index (χ2n) is 5.76. The molecule has 1 saturated heterocycles. The van der Waals surface area contributed by atoms with Gasteiger partial charge in [0.05, 0.1) is 0 Å². The molecule has 0 spiro atoms. The monoisotopic (exact) mass is 274 g/mol. The molecule has 1 atom stereocenters. The van der Waals surface area contributed by atoms with Crippen molar-refractivity contribution in [2.45, 2.75) is 32.2 Å². The average Bonchev–Trinajstić information content (AvgIpc) is 2.80. The van der Waals surface area contributed by atoms with Gasteiger partial charge in [0.1, 0.15) is 0 Å². The Labute approximate surface area is 119 Å². The van der Waals surface area contributed by atoms with E-state index in [1.54, 1.807) is 0 Å². The number of nitrogens with one attached hydrogen (secondary N) is 1. The molecule has 1 aromatic carbocycles. The second kappa shape index (κ2) is 5.14. The molecule has 2 nitrogen and oxygen atoms in total. The van der Waals surface area contributed by atoms with Crippen LogP contribution in [0.25, 0.3) is 10.1 Å². The molecule has 1 unspecified atom stereocenters. The molecule has 102 valence electrons. The van der Waals surface area contributed by atoms with E-state index in [1.165, 1.54) is 28.6 Å². The quantitative estimate of drug-likeness (QED) is 0.894. The molecule has 1 fully saturated rings. The average molecular weight is 274 g/mol. The van der Waals surface area contributed by atoms with Crippen molar-refractivity contribution in [3.63, 3.8) is 0 Å². The number of hydrogen-bond acceptors (Lipinski definition) is 3. The molecule has 1 aromatic heterocycles. The Balaban J connectivity index is 1.90. The van der Waals surface area contributed by atoms with E-state index in [0.29, 0.717) is 0 Å². The maximum atomic E-state index is 3.70. The third-order valence-electron chi connectivity index (χ3n) is 4.28. The van der Waals surface area contributed by atoms with Crippen LogP contribution >= 0.6 is 11.3 Å². The van der Waals surface area contributed by atoms with Gasteiger partial charge in [-0.25, -0.2) is 0 Å². The Hall–Kier alpha value is -1.06. The number of fused-ring (bicyclic) bond motifs is 1. The number of rotatable bonds is 2. The highest BCUT2D eigenvalue weighted by Gasteiger charge is 2.27. The summed E-state index contributed by atoms with van der Waals surface area (Å²) in [6, 6.07) is 9.10. The Bertz CT molecular complexity index is 563. The molecule has 1 aliphatic rings. The highest BCUT2D eigenvalue weighted by molar-refractivity contribution is 7.17. The van der Waals surface area contributed by atoms with Crippen molar-refractivity contribution < 1.29 is 0 Å². The van der Waals surface area contributed by atoms with Gasteiger partial charge in [0, 0.05) is 29.0 Å². The van der Waals surface area contributed by atoms with Gasteiger partial charge in [0.15, 0.2) is 0 Å². The fourth-order valence-corrected chi connectivity index (χ4v) is 3.60. The minimum absolute atomic E-state index is 0.236. The summed E-state index contributed by atoms with van der Waals surface area (Å²) in [5.74, 6) is 0. The predicted molar refractivity (Wildman–Crippen MR) is 85.4 cm³/mol. The maximum Gasteiger partial charge on any atom is 0.0373 e. The normalized spacial score (nSPS) is 24.6. The van der Waals surface area contributed by atoms with Gasteiger partial charge in [0.25, 0.3) is 0 Å². The van der Waals surface area contributed by atoms with Crippen LogP contribution in [0.5, 0.6) is 0 Å². The molecule has 1 N–H and O–H groups in total. The third-order valence-corrected chi connectivity index (χ3v) is 5.18. The first-order valence-electron chi connectivity index (χ1n) is 7.17. The molecule has 2 heterocycles. The fourth-order valence-electron chi connectivity index (χ4n) is 2.82. The lowest BCUT2D eigenvalue weighted by Gasteiger charge is -2.34. The minimum atomic E-state index is 0.236. The molecule has 2 aromatic rings. The summed E-state index contributed by atoms with van der Waals surface area (Å²) in [6.07, 6.45) is 2.39. The van der Waals surface area contributed by atoms with Crippen LogP contribution in [-0.2, 0) is 0 Å². The van der Waals surface area contributed by atoms with Gasteiger partial charge in [0.2, 0.25) is 0 Å². The van der Waals surface area contributed by atoms with Crippen molar-refractivity contribution >= 4 is 27.1 Å². The Kier molecular flexibility index (Phi) is 3.50. The lowest BCUT2D eigenvalue weighted by molar-refractivity contribution is 0.366. The van der Waals surface area contributed by atoms with E-state index in [2.05, 4.69) is 53.7 Å². The van der Waals surface area contributed by atoms with E-state index in [1.807, 2.05) is 11.3 Å². The standard InChI is InChI=1S/C16H22N2S/c1-3-16(2)12-18(9-4-8-17-16)14-5-6-15-13(11-14)7-10-19-15/h5-7,10-11,17H,3-4,8-9,12H2,1-2H3. The minimum Gasteiger partial charge on any atom is -0.370 e. The molecular weight excluding hydrogens is 252 g/mol. The van der Waals surface area contributed by atoms with Crippen molar-refractivity contribution in [1.82, 2.24) is 5.32 Å². The van der Waals surface area contributed by atoms with Crippen molar-refractivity contribution in [2.24, 2.45) is 0 Å². The molecule has 0 saturated carbocycles. The first kappa shape index (κ1) is 12.9. The number of benzene rings is 1. The predicted octanol–water partition coefficient (Wildman–Crippen LogP) is 3.87. The zero-order valence-corrected chi connectivity index (χ0v) is 12.6. The van der Waals surface area contributed by atoms with E-state index >= 15 is 0 Å². The SMILES string of the molecule is CCC1(C)CN(c2ccc3sccc3c2)CCCN1. The van der Waals surface area contributed by atoms with Crippen LogP contribution in [0.2, 0.25) is 0 Å². The summed E-state index contributed by atoms with van der Waals surface area (Å²) < 4.78 is 1.38. The zero-order chi connectivity index (χ0) is 13.3. The second-order valence-corrected chi connectivity index (χ2v) is 6.71. The number of nitrogens with zero attached hydrogens (tertiary/aromatic N) is 1. The molecule has 3 rings (SSSR count). The van der Waals surface area contributed by atoms with Crippen molar-refractivity contribution in [3.05, 3.63) is 29.6 Å². The molecular formula is C16H22N2S. The summed E-state index contributed by atoms with van der Waals surface area (Å²) in [5.41, 5.74) is 1.61. The topological polar surface area (TPSA) is 15.3 Å². The van der Waals surface area contributed by atoms with Crippen LogP contribution in [0.3, 0.4) is 0 Å². The van der Waals surface area contributed by atoms with Crippen LogP contribution in [0, 0.1) is 0 Å². The highest BCUT2D eigenvalue weighted by Crippen LogP contribution is 2.28. The van der Waals surface area contributed by atoms with E-state index in [-0.39, 0.29) is 5.54 Å². The van der Waals surface area contributed by atoms with Gasteiger partial charge >= 0.3 is 0 Å². The van der Waals surface area contributed by atoms with E-state index in [9.17, 15) is 0 Å². The highest BCUT2D eigenvalue weighted by atomic mass is 32.1. The lowest BCUT2D eigenvalue weighted by atomic mass is 9.98. The van der Waals surface area contributed by atoms with E-state index < -0.39 is 0 Å². The largest absolute Gasteiger partial charge is 0.370 e. The molecule has 0 aliphatic carbocycles. The van der Waals surface area contributed by atoms with Crippen LogP contribution < -0.4 is 10.2 Å². The Morgan fingerprint density at radius 3 is 3.11 bits per heavy atom. The van der Waals surface area contributed by atoms with Gasteiger partial charge in [-0.05, 0) is 61.3 Å². The molecule has 0 radical (unpaired) electrons. The summed E-state index contributed by atoms with van der Waals surface area (Å²) in [5, 5.41) is 7.25. The van der Waals surface area contributed by atoms with Crippen LogP contribution in [0.4, 0.5) is 5.69 Å². The van der Waals surface area contributed by atoms with Crippen LogP contribution in [0.15, 0.2) is 29.6 Å². The van der Waals surface area contributed by atoms with E-state index in [0.717, 1.165) is 19.6 Å². The van der Waals surface area contributed by atoms with Gasteiger partial charge in [-0.2, -0.15) is 0 Å². The van der Waals surface area contributed by atoms with Gasteiger partial charge in [-0.3, -0.25) is 0 Å². The molecule has 0 bridgehead atoms. The lowest BCUT2D eigenvalue weighted by Crippen LogP contribution is -2.48. The van der Waals surface area contributed by atoms with Gasteiger partial charge < -0.3 is 10.2 Å². The fraction of sp³-hybridized carbons (Fsp3) is 0.500. The summed E-state index contributed by atoms with van der Waals surface area (Å²) >= 11 is 1.82. The van der Waals surface area contributed by atoms with E-state index in [4.69, 9.17) is 0 Å². The Morgan fingerprint density at radius 2 is 2.26 bits per heavy atom. The van der Waals surface area contributed by atoms with Crippen molar-refractivity contribution in [2.75, 3.05) is 24.5 Å². The molecule has 1 aliphatic heterocycles. The number of thiophene rings is 1. The third kappa shape index (κ3) is 2.63. The maximum absolute atomic E-state index is 3.70. The molecule has 3 heteroatoms. The van der Waals surface area contributed by atoms with Gasteiger partial charge in [-0.15, -0.1) is 11.3 Å². The molecule has 0 amide bonds. The zero-order valence-electron chi connectivity index (χ0n) is 11.8. The summed E-state index contributed by atoms with van der Waals surface area (Å²) in [4.78, 5) is 2.54.